The molecule has 0 aliphatic rings. The van der Waals surface area contributed by atoms with E-state index >= 15 is 0 Å². The Kier molecular flexibility index (Phi) is 4.90. The molecule has 5 nitrogen and oxygen atoms in total. The Labute approximate surface area is 103 Å². The zero-order valence-corrected chi connectivity index (χ0v) is 9.76. The minimum Gasteiger partial charge on any atom is -0.481 e. The lowest BCUT2D eigenvalue weighted by Crippen LogP contribution is -1.97. The number of nitro benzene ring substituents is 1. The number of carbonyl (C=O) groups is 1. The van der Waals surface area contributed by atoms with Gasteiger partial charge in [0.15, 0.2) is 0 Å². The molecule has 0 aliphatic heterocycles. The van der Waals surface area contributed by atoms with Gasteiger partial charge in [-0.05, 0) is 18.4 Å². The molecule has 0 amide bonds. The van der Waals surface area contributed by atoms with Gasteiger partial charge in [0.1, 0.15) is 0 Å². The first-order valence-corrected chi connectivity index (χ1v) is 5.54. The van der Waals surface area contributed by atoms with Crippen molar-refractivity contribution in [1.29, 1.82) is 0 Å². The van der Waals surface area contributed by atoms with Crippen molar-refractivity contribution in [3.8, 4) is 0 Å². The van der Waals surface area contributed by atoms with E-state index in [0.29, 0.717) is 12.8 Å². The fourth-order valence-corrected chi connectivity index (χ4v) is 1.70. The largest absolute Gasteiger partial charge is 0.481 e. The molecule has 1 aromatic rings. The number of hydrogen-bond acceptors (Lipinski definition) is 3. The summed E-state index contributed by atoms with van der Waals surface area (Å²) in [4.78, 5) is 20.3. The summed E-state index contributed by atoms with van der Waals surface area (Å²) in [5.41, 5.74) is 0.783. The van der Waals surface area contributed by atoms with Crippen LogP contribution in [0.2, 0.25) is 0 Å². The number of nitro groups is 1. The molecule has 1 unspecified atom stereocenters. The molecule has 0 bridgehead atoms. The van der Waals surface area contributed by atoms with Crippen LogP contribution >= 0.6 is 11.6 Å². The molecule has 1 atom stereocenters. The molecule has 1 aromatic carbocycles. The summed E-state index contributed by atoms with van der Waals surface area (Å²) in [6.07, 6.45) is 1.10. The van der Waals surface area contributed by atoms with E-state index in [0.717, 1.165) is 5.56 Å². The van der Waals surface area contributed by atoms with E-state index in [-0.39, 0.29) is 17.5 Å². The Morgan fingerprint density at radius 1 is 1.41 bits per heavy atom. The van der Waals surface area contributed by atoms with E-state index in [1.165, 1.54) is 12.1 Å². The van der Waals surface area contributed by atoms with Gasteiger partial charge >= 0.3 is 5.97 Å². The summed E-state index contributed by atoms with van der Waals surface area (Å²) in [6, 6.07) is 5.97. The van der Waals surface area contributed by atoms with Crippen LogP contribution in [0.4, 0.5) is 5.69 Å². The van der Waals surface area contributed by atoms with E-state index in [9.17, 15) is 14.9 Å². The lowest BCUT2D eigenvalue weighted by atomic mass is 10.1. The number of non-ortho nitro benzene ring substituents is 1. The van der Waals surface area contributed by atoms with Crippen LogP contribution in [0, 0.1) is 10.1 Å². The van der Waals surface area contributed by atoms with E-state index < -0.39 is 10.9 Å². The topological polar surface area (TPSA) is 80.4 Å². The Hall–Kier alpha value is -1.62. The van der Waals surface area contributed by atoms with Crippen LogP contribution in [-0.2, 0) is 4.79 Å². The van der Waals surface area contributed by atoms with Crippen LogP contribution in [0.1, 0.15) is 30.2 Å². The number of benzene rings is 1. The van der Waals surface area contributed by atoms with E-state index in [1.807, 2.05) is 0 Å². The van der Waals surface area contributed by atoms with Gasteiger partial charge in [-0.1, -0.05) is 12.1 Å². The number of halogens is 1. The summed E-state index contributed by atoms with van der Waals surface area (Å²) in [6.45, 7) is 0. The zero-order chi connectivity index (χ0) is 12.8. The molecule has 92 valence electrons. The summed E-state index contributed by atoms with van der Waals surface area (Å²) >= 11 is 6.06. The van der Waals surface area contributed by atoms with E-state index in [1.54, 1.807) is 12.1 Å². The normalized spacial score (nSPS) is 12.1. The fraction of sp³-hybridized carbons (Fsp3) is 0.364. The lowest BCUT2D eigenvalue weighted by Gasteiger charge is -2.08. The third-order valence-electron chi connectivity index (χ3n) is 2.31. The van der Waals surface area contributed by atoms with Gasteiger partial charge in [-0.3, -0.25) is 14.9 Å². The third-order valence-corrected chi connectivity index (χ3v) is 2.78. The third kappa shape index (κ3) is 4.40. The second kappa shape index (κ2) is 6.20. The Morgan fingerprint density at radius 3 is 2.47 bits per heavy atom. The number of rotatable bonds is 6. The maximum absolute atomic E-state index is 10.4. The van der Waals surface area contributed by atoms with Gasteiger partial charge in [0, 0.05) is 18.6 Å². The van der Waals surface area contributed by atoms with Gasteiger partial charge in [-0.2, -0.15) is 0 Å². The molecule has 0 heterocycles. The summed E-state index contributed by atoms with van der Waals surface area (Å²) < 4.78 is 0. The van der Waals surface area contributed by atoms with Gasteiger partial charge in [0.2, 0.25) is 0 Å². The highest BCUT2D eigenvalue weighted by Crippen LogP contribution is 2.27. The Morgan fingerprint density at radius 2 is 2.00 bits per heavy atom. The Balaban J connectivity index is 2.54. The van der Waals surface area contributed by atoms with Crippen LogP contribution in [0.15, 0.2) is 24.3 Å². The second-order valence-electron chi connectivity index (χ2n) is 3.60. The van der Waals surface area contributed by atoms with Gasteiger partial charge in [0.25, 0.3) is 5.69 Å². The van der Waals surface area contributed by atoms with E-state index in [2.05, 4.69) is 0 Å². The first-order valence-electron chi connectivity index (χ1n) is 5.11. The van der Waals surface area contributed by atoms with Crippen molar-refractivity contribution < 1.29 is 14.8 Å². The van der Waals surface area contributed by atoms with Crippen LogP contribution in [0.3, 0.4) is 0 Å². The van der Waals surface area contributed by atoms with Gasteiger partial charge in [-0.15, -0.1) is 11.6 Å². The van der Waals surface area contributed by atoms with Gasteiger partial charge < -0.3 is 5.11 Å². The lowest BCUT2D eigenvalue weighted by molar-refractivity contribution is -0.384. The van der Waals surface area contributed by atoms with Crippen LogP contribution in [0.5, 0.6) is 0 Å². The van der Waals surface area contributed by atoms with Crippen molar-refractivity contribution in [1.82, 2.24) is 0 Å². The fourth-order valence-electron chi connectivity index (χ4n) is 1.40. The van der Waals surface area contributed by atoms with Crippen molar-refractivity contribution in [3.05, 3.63) is 39.9 Å². The molecule has 17 heavy (non-hydrogen) atoms. The minimum atomic E-state index is -0.849. The average molecular weight is 258 g/mol. The summed E-state index contributed by atoms with van der Waals surface area (Å²) in [5.74, 6) is -0.849. The number of aliphatic carboxylic acids is 1. The molecule has 0 radical (unpaired) electrons. The zero-order valence-electron chi connectivity index (χ0n) is 9.01. The van der Waals surface area contributed by atoms with Crippen molar-refractivity contribution >= 4 is 23.3 Å². The van der Waals surface area contributed by atoms with Crippen LogP contribution in [-0.4, -0.2) is 16.0 Å². The summed E-state index contributed by atoms with van der Waals surface area (Å²) in [5, 5.41) is 18.6. The molecule has 0 aromatic heterocycles. The maximum Gasteiger partial charge on any atom is 0.303 e. The molecule has 0 saturated heterocycles. The van der Waals surface area contributed by atoms with E-state index in [4.69, 9.17) is 16.7 Å². The number of alkyl halides is 1. The number of carboxylic acids is 1. The highest BCUT2D eigenvalue weighted by Gasteiger charge is 2.11. The molecule has 0 saturated carbocycles. The highest BCUT2D eigenvalue weighted by molar-refractivity contribution is 6.20. The standard InChI is InChI=1S/C11H12ClNO4/c12-10(2-1-3-11(14)15)8-4-6-9(7-5-8)13(16)17/h4-7,10H,1-3H2,(H,14,15). The maximum atomic E-state index is 10.4. The predicted octanol–water partition coefficient (Wildman–Crippen LogP) is 3.13. The smallest absolute Gasteiger partial charge is 0.303 e. The average Bonchev–Trinajstić information content (AvgIpc) is 2.28. The number of hydrogen-bond donors (Lipinski definition) is 1. The minimum absolute atomic E-state index is 0.0168. The molecular formula is C11H12ClNO4. The van der Waals surface area contributed by atoms with Crippen LogP contribution in [0.25, 0.3) is 0 Å². The van der Waals surface area contributed by atoms with Crippen molar-refractivity contribution in [2.24, 2.45) is 0 Å². The first-order chi connectivity index (χ1) is 8.00. The molecule has 6 heteroatoms. The Bertz CT molecular complexity index is 404. The molecular weight excluding hydrogens is 246 g/mol. The SMILES string of the molecule is O=C(O)CCCC(Cl)c1ccc([N+](=O)[O-])cc1. The predicted molar refractivity (Wildman–Crippen MR) is 63.2 cm³/mol. The monoisotopic (exact) mass is 257 g/mol. The highest BCUT2D eigenvalue weighted by atomic mass is 35.5. The van der Waals surface area contributed by atoms with Crippen LogP contribution < -0.4 is 0 Å². The molecule has 0 spiro atoms. The van der Waals surface area contributed by atoms with Crippen molar-refractivity contribution in [2.75, 3.05) is 0 Å². The molecule has 0 aliphatic carbocycles. The molecule has 1 N–H and O–H groups in total. The quantitative estimate of drug-likeness (QED) is 0.482. The molecule has 0 fully saturated rings. The van der Waals surface area contributed by atoms with Gasteiger partial charge in [0.05, 0.1) is 10.3 Å². The van der Waals surface area contributed by atoms with Crippen molar-refractivity contribution in [2.45, 2.75) is 24.6 Å². The van der Waals surface area contributed by atoms with Crippen molar-refractivity contribution in [3.63, 3.8) is 0 Å². The second-order valence-corrected chi connectivity index (χ2v) is 4.13. The molecule has 1 rings (SSSR count). The first kappa shape index (κ1) is 13.4. The number of nitrogens with zero attached hydrogens (tertiary/aromatic N) is 1. The number of carboxylic acid groups (broad SMARTS) is 1. The van der Waals surface area contributed by atoms with Gasteiger partial charge in [-0.25, -0.2) is 0 Å². The summed E-state index contributed by atoms with van der Waals surface area (Å²) in [7, 11) is 0.